The first kappa shape index (κ1) is 17.7. The van der Waals surface area contributed by atoms with Crippen molar-refractivity contribution in [1.29, 1.82) is 0 Å². The molecular weight excluding hydrogens is 342 g/mol. The van der Waals surface area contributed by atoms with Crippen molar-refractivity contribution in [2.75, 3.05) is 0 Å². The van der Waals surface area contributed by atoms with Gasteiger partial charge in [0.15, 0.2) is 11.6 Å². The van der Waals surface area contributed by atoms with Crippen LogP contribution in [0.5, 0.6) is 0 Å². The van der Waals surface area contributed by atoms with E-state index in [1.165, 1.54) is 16.7 Å². The maximum Gasteiger partial charge on any atom is 0.323 e. The van der Waals surface area contributed by atoms with Crippen LogP contribution in [-0.4, -0.2) is 20.6 Å². The summed E-state index contributed by atoms with van der Waals surface area (Å²) in [6.45, 7) is 1.45. The van der Waals surface area contributed by atoms with E-state index in [-0.39, 0.29) is 30.8 Å². The minimum Gasteiger partial charge on any atom is -0.480 e. The Labute approximate surface area is 147 Å². The van der Waals surface area contributed by atoms with Crippen molar-refractivity contribution in [1.82, 2.24) is 9.55 Å². The Balaban J connectivity index is 2.08. The summed E-state index contributed by atoms with van der Waals surface area (Å²) < 4.78 is 28.6. The minimum absolute atomic E-state index is 0.0903. The molecule has 1 aromatic heterocycles. The number of aryl methyl sites for hydroxylation is 3. The average Bonchev–Trinajstić information content (AvgIpc) is 2.58. The van der Waals surface area contributed by atoms with Gasteiger partial charge in [-0.3, -0.25) is 9.59 Å². The zero-order valence-electron chi connectivity index (χ0n) is 14.0. The Morgan fingerprint density at radius 1 is 1.19 bits per heavy atom. The fraction of sp³-hybridized carbons (Fsp3) is 0.211. The van der Waals surface area contributed by atoms with E-state index < -0.39 is 23.2 Å². The van der Waals surface area contributed by atoms with Crippen LogP contribution in [-0.2, 0) is 24.2 Å². The standard InChI is InChI=1S/C19H16F2N2O3/c1-11-5-7-13-15(9-11)23(10-17(24)25)16(22-19(13)26)8-6-12-3-2-4-14(20)18(12)21/h2-5,7,9H,6,8,10H2,1H3,(H,24,25). The molecule has 5 nitrogen and oxygen atoms in total. The van der Waals surface area contributed by atoms with Crippen LogP contribution in [0.3, 0.4) is 0 Å². The summed E-state index contributed by atoms with van der Waals surface area (Å²) in [5.41, 5.74) is 0.994. The number of rotatable bonds is 5. The number of aliphatic carboxylic acids is 1. The second kappa shape index (κ2) is 7.03. The van der Waals surface area contributed by atoms with Gasteiger partial charge in [0.2, 0.25) is 0 Å². The Morgan fingerprint density at radius 2 is 1.96 bits per heavy atom. The molecule has 0 aliphatic heterocycles. The fourth-order valence-corrected chi connectivity index (χ4v) is 2.91. The van der Waals surface area contributed by atoms with Crippen molar-refractivity contribution in [2.24, 2.45) is 0 Å². The highest BCUT2D eigenvalue weighted by Crippen LogP contribution is 2.17. The molecule has 0 aliphatic carbocycles. The highest BCUT2D eigenvalue weighted by atomic mass is 19.2. The van der Waals surface area contributed by atoms with Crippen LogP contribution in [0, 0.1) is 18.6 Å². The van der Waals surface area contributed by atoms with Crippen molar-refractivity contribution in [2.45, 2.75) is 26.3 Å². The number of carboxylic acids is 1. The molecule has 3 aromatic rings. The first-order chi connectivity index (χ1) is 12.4. The molecule has 0 unspecified atom stereocenters. The quantitative estimate of drug-likeness (QED) is 0.761. The van der Waals surface area contributed by atoms with Crippen LogP contribution in [0.2, 0.25) is 0 Å². The molecule has 3 rings (SSSR count). The van der Waals surface area contributed by atoms with Crippen molar-refractivity contribution in [3.63, 3.8) is 0 Å². The third kappa shape index (κ3) is 3.46. The van der Waals surface area contributed by atoms with Gasteiger partial charge in [-0.2, -0.15) is 4.98 Å². The van der Waals surface area contributed by atoms with Gasteiger partial charge in [-0.15, -0.1) is 0 Å². The molecule has 0 saturated heterocycles. The van der Waals surface area contributed by atoms with E-state index in [0.29, 0.717) is 10.9 Å². The summed E-state index contributed by atoms with van der Waals surface area (Å²) in [6, 6.07) is 8.94. The van der Waals surface area contributed by atoms with Crippen LogP contribution in [0.1, 0.15) is 17.0 Å². The van der Waals surface area contributed by atoms with Crippen LogP contribution in [0.25, 0.3) is 10.9 Å². The Kier molecular flexibility index (Phi) is 4.79. The van der Waals surface area contributed by atoms with Crippen molar-refractivity contribution >= 4 is 16.9 Å². The van der Waals surface area contributed by atoms with E-state index in [4.69, 9.17) is 0 Å². The second-order valence-electron chi connectivity index (χ2n) is 6.05. The first-order valence-corrected chi connectivity index (χ1v) is 8.01. The summed E-state index contributed by atoms with van der Waals surface area (Å²) in [4.78, 5) is 27.5. The molecule has 0 atom stereocenters. The molecular formula is C19H16F2N2O3. The molecule has 0 amide bonds. The monoisotopic (exact) mass is 358 g/mol. The first-order valence-electron chi connectivity index (χ1n) is 8.01. The van der Waals surface area contributed by atoms with Gasteiger partial charge >= 0.3 is 5.97 Å². The number of carboxylic acid groups (broad SMARTS) is 1. The van der Waals surface area contributed by atoms with Gasteiger partial charge < -0.3 is 9.67 Å². The summed E-state index contributed by atoms with van der Waals surface area (Å²) in [5, 5.41) is 9.54. The van der Waals surface area contributed by atoms with E-state index >= 15 is 0 Å². The molecule has 134 valence electrons. The van der Waals surface area contributed by atoms with E-state index in [1.807, 2.05) is 6.92 Å². The number of aromatic nitrogens is 2. The lowest BCUT2D eigenvalue weighted by molar-refractivity contribution is -0.137. The van der Waals surface area contributed by atoms with Gasteiger partial charge in [-0.1, -0.05) is 18.2 Å². The average molecular weight is 358 g/mol. The van der Waals surface area contributed by atoms with E-state index in [2.05, 4.69) is 4.98 Å². The molecule has 0 fully saturated rings. The maximum absolute atomic E-state index is 13.8. The molecule has 1 N–H and O–H groups in total. The van der Waals surface area contributed by atoms with Crippen LogP contribution in [0.4, 0.5) is 8.78 Å². The van der Waals surface area contributed by atoms with Crippen molar-refractivity contribution < 1.29 is 18.7 Å². The molecule has 0 radical (unpaired) electrons. The third-order valence-electron chi connectivity index (χ3n) is 4.16. The van der Waals surface area contributed by atoms with Gasteiger partial charge in [0.05, 0.1) is 10.9 Å². The number of benzene rings is 2. The summed E-state index contributed by atoms with van der Waals surface area (Å²) in [6.07, 6.45) is 0.194. The second-order valence-corrected chi connectivity index (χ2v) is 6.05. The largest absolute Gasteiger partial charge is 0.480 e. The maximum atomic E-state index is 13.8. The molecule has 1 heterocycles. The fourth-order valence-electron chi connectivity index (χ4n) is 2.91. The number of fused-ring (bicyclic) bond motifs is 1. The van der Waals surface area contributed by atoms with Crippen molar-refractivity contribution in [3.05, 3.63) is 75.3 Å². The number of halogens is 2. The number of nitrogens with zero attached hydrogens (tertiary/aromatic N) is 2. The van der Waals surface area contributed by atoms with Gasteiger partial charge in [0.25, 0.3) is 5.56 Å². The summed E-state index contributed by atoms with van der Waals surface area (Å²) in [7, 11) is 0. The zero-order valence-corrected chi connectivity index (χ0v) is 14.0. The van der Waals surface area contributed by atoms with E-state index in [9.17, 15) is 23.5 Å². The predicted molar refractivity (Wildman–Crippen MR) is 92.1 cm³/mol. The Morgan fingerprint density at radius 3 is 2.69 bits per heavy atom. The normalized spacial score (nSPS) is 11.0. The Hall–Kier alpha value is -3.09. The Bertz CT molecular complexity index is 1060. The third-order valence-corrected chi connectivity index (χ3v) is 4.16. The molecule has 0 saturated carbocycles. The van der Waals surface area contributed by atoms with Crippen LogP contribution in [0.15, 0.2) is 41.2 Å². The predicted octanol–water partition coefficient (Wildman–Crippen LogP) is 2.85. The molecule has 7 heteroatoms. The van der Waals surface area contributed by atoms with Gasteiger partial charge in [-0.25, -0.2) is 8.78 Å². The molecule has 0 bridgehead atoms. The number of hydrogen-bond donors (Lipinski definition) is 1. The lowest BCUT2D eigenvalue weighted by Crippen LogP contribution is -2.22. The highest BCUT2D eigenvalue weighted by molar-refractivity contribution is 5.80. The lowest BCUT2D eigenvalue weighted by atomic mass is 10.1. The van der Waals surface area contributed by atoms with E-state index in [1.54, 1.807) is 18.2 Å². The van der Waals surface area contributed by atoms with Crippen LogP contribution >= 0.6 is 0 Å². The lowest BCUT2D eigenvalue weighted by Gasteiger charge is -2.15. The molecule has 0 spiro atoms. The topological polar surface area (TPSA) is 72.2 Å². The SMILES string of the molecule is Cc1ccc2c(=O)nc(CCc3cccc(F)c3F)n(CC(=O)O)c2c1. The minimum atomic E-state index is -1.09. The van der Waals surface area contributed by atoms with Gasteiger partial charge in [0, 0.05) is 6.42 Å². The summed E-state index contributed by atoms with van der Waals surface area (Å²) >= 11 is 0. The smallest absolute Gasteiger partial charge is 0.323 e. The number of carbonyl (C=O) groups is 1. The summed E-state index contributed by atoms with van der Waals surface area (Å²) in [5.74, 6) is -2.76. The number of hydrogen-bond acceptors (Lipinski definition) is 3. The molecule has 2 aromatic carbocycles. The van der Waals surface area contributed by atoms with Gasteiger partial charge in [0.1, 0.15) is 12.4 Å². The highest BCUT2D eigenvalue weighted by Gasteiger charge is 2.15. The van der Waals surface area contributed by atoms with Crippen molar-refractivity contribution in [3.8, 4) is 0 Å². The molecule has 0 aliphatic rings. The molecule has 26 heavy (non-hydrogen) atoms. The van der Waals surface area contributed by atoms with E-state index in [0.717, 1.165) is 11.6 Å². The zero-order chi connectivity index (χ0) is 18.8. The van der Waals surface area contributed by atoms with Gasteiger partial charge in [-0.05, 0) is 42.7 Å². The van der Waals surface area contributed by atoms with Crippen LogP contribution < -0.4 is 5.56 Å².